The Hall–Kier alpha value is -2.49. The molecule has 0 spiro atoms. The summed E-state index contributed by atoms with van der Waals surface area (Å²) in [5, 5.41) is 0. The molecule has 2 aliphatic heterocycles. The van der Waals surface area contributed by atoms with E-state index in [1.165, 1.54) is 16.4 Å². The van der Waals surface area contributed by atoms with Crippen molar-refractivity contribution in [3.05, 3.63) is 42.1 Å². The van der Waals surface area contributed by atoms with Crippen LogP contribution in [-0.2, 0) is 10.0 Å². The Morgan fingerprint density at radius 3 is 2.45 bits per heavy atom. The number of amides is 1. The number of piperazine rings is 1. The fraction of sp³-hybridized carbons (Fsp3) is 0.455. The average molecular weight is 445 g/mol. The number of hydrogen-bond acceptors (Lipinski definition) is 6. The normalized spacial score (nSPS) is 17.6. The molecule has 3 heterocycles. The maximum Gasteiger partial charge on any atom is 0.263 e. The predicted octanol–water partition coefficient (Wildman–Crippen LogP) is 2.96. The van der Waals surface area contributed by atoms with E-state index in [1.54, 1.807) is 29.3 Å². The van der Waals surface area contributed by atoms with Crippen molar-refractivity contribution in [2.75, 3.05) is 44.2 Å². The molecule has 0 aliphatic carbocycles. The standard InChI is InChI=1S/C22H28N4O4S/c1-3-10-24-12-14-25(15-13-24)31(28,29)17-7-8-19-18(16-17)22(27)26(11-4-2)21-20(30-19)6-5-9-23-21/h5-9,16H,3-4,10-15H2,1-2H3. The highest BCUT2D eigenvalue weighted by Crippen LogP contribution is 2.38. The second-order valence-corrected chi connectivity index (χ2v) is 9.73. The lowest BCUT2D eigenvalue weighted by atomic mass is 10.1. The van der Waals surface area contributed by atoms with E-state index >= 15 is 0 Å². The van der Waals surface area contributed by atoms with Gasteiger partial charge in [0.25, 0.3) is 5.91 Å². The van der Waals surface area contributed by atoms with Gasteiger partial charge >= 0.3 is 0 Å². The summed E-state index contributed by atoms with van der Waals surface area (Å²) >= 11 is 0. The molecular formula is C22H28N4O4S. The molecule has 1 aromatic carbocycles. The number of carbonyl (C=O) groups excluding carboxylic acids is 1. The van der Waals surface area contributed by atoms with Crippen molar-refractivity contribution in [2.24, 2.45) is 0 Å². The number of benzene rings is 1. The Morgan fingerprint density at radius 2 is 1.74 bits per heavy atom. The molecule has 4 rings (SSSR count). The molecule has 1 aromatic heterocycles. The minimum Gasteiger partial charge on any atom is -0.453 e. The quantitative estimate of drug-likeness (QED) is 0.681. The molecule has 2 aliphatic rings. The van der Waals surface area contributed by atoms with Crippen LogP contribution in [0.3, 0.4) is 0 Å². The molecule has 1 fully saturated rings. The summed E-state index contributed by atoms with van der Waals surface area (Å²) in [6.45, 7) is 7.84. The van der Waals surface area contributed by atoms with Crippen LogP contribution in [-0.4, -0.2) is 67.8 Å². The van der Waals surface area contributed by atoms with E-state index in [0.29, 0.717) is 50.0 Å². The van der Waals surface area contributed by atoms with Crippen molar-refractivity contribution >= 4 is 21.7 Å². The zero-order chi connectivity index (χ0) is 22.0. The number of aromatic nitrogens is 1. The number of ether oxygens (including phenoxy) is 1. The van der Waals surface area contributed by atoms with E-state index in [2.05, 4.69) is 16.8 Å². The Labute approximate surface area is 183 Å². The molecule has 1 saturated heterocycles. The number of hydrogen-bond donors (Lipinski definition) is 0. The number of sulfonamides is 1. The van der Waals surface area contributed by atoms with Crippen LogP contribution in [0, 0.1) is 0 Å². The van der Waals surface area contributed by atoms with Crippen LogP contribution >= 0.6 is 0 Å². The van der Waals surface area contributed by atoms with Gasteiger partial charge in [-0.15, -0.1) is 0 Å². The van der Waals surface area contributed by atoms with Crippen LogP contribution in [0.25, 0.3) is 0 Å². The van der Waals surface area contributed by atoms with Gasteiger partial charge in [0.15, 0.2) is 11.6 Å². The highest BCUT2D eigenvalue weighted by molar-refractivity contribution is 7.89. The molecule has 0 atom stereocenters. The molecule has 0 N–H and O–H groups in total. The maximum atomic E-state index is 13.4. The Bertz CT molecular complexity index is 1060. The molecule has 2 aromatic rings. The smallest absolute Gasteiger partial charge is 0.263 e. The number of fused-ring (bicyclic) bond motifs is 2. The first kappa shape index (κ1) is 21.7. The maximum absolute atomic E-state index is 13.4. The van der Waals surface area contributed by atoms with Crippen LogP contribution in [0.15, 0.2) is 41.4 Å². The number of nitrogens with zero attached hydrogens (tertiary/aromatic N) is 4. The molecular weight excluding hydrogens is 416 g/mol. The Morgan fingerprint density at radius 1 is 1.00 bits per heavy atom. The van der Waals surface area contributed by atoms with E-state index < -0.39 is 10.0 Å². The number of rotatable bonds is 6. The molecule has 9 heteroatoms. The lowest BCUT2D eigenvalue weighted by Gasteiger charge is -2.33. The van der Waals surface area contributed by atoms with Crippen molar-refractivity contribution in [1.29, 1.82) is 0 Å². The summed E-state index contributed by atoms with van der Waals surface area (Å²) < 4.78 is 34.0. The third-order valence-electron chi connectivity index (χ3n) is 5.61. The monoisotopic (exact) mass is 444 g/mol. The van der Waals surface area contributed by atoms with Gasteiger partial charge in [-0.05, 0) is 49.7 Å². The summed E-state index contributed by atoms with van der Waals surface area (Å²) in [5.74, 6) is 0.955. The van der Waals surface area contributed by atoms with Gasteiger partial charge in [0.1, 0.15) is 5.75 Å². The minimum absolute atomic E-state index is 0.113. The van der Waals surface area contributed by atoms with Gasteiger partial charge in [-0.2, -0.15) is 4.31 Å². The van der Waals surface area contributed by atoms with Crippen molar-refractivity contribution in [2.45, 2.75) is 31.6 Å². The fourth-order valence-electron chi connectivity index (χ4n) is 4.04. The molecule has 8 nitrogen and oxygen atoms in total. The van der Waals surface area contributed by atoms with Crippen molar-refractivity contribution in [3.63, 3.8) is 0 Å². The van der Waals surface area contributed by atoms with E-state index in [1.807, 2.05) is 6.92 Å². The minimum atomic E-state index is -3.70. The molecule has 0 bridgehead atoms. The molecule has 0 radical (unpaired) electrons. The number of carbonyl (C=O) groups is 1. The molecule has 166 valence electrons. The third-order valence-corrected chi connectivity index (χ3v) is 7.50. The molecule has 1 amide bonds. The number of pyridine rings is 1. The topological polar surface area (TPSA) is 83.1 Å². The summed E-state index contributed by atoms with van der Waals surface area (Å²) in [7, 11) is -3.70. The van der Waals surface area contributed by atoms with Gasteiger partial charge in [-0.1, -0.05) is 13.8 Å². The highest BCUT2D eigenvalue weighted by atomic mass is 32.2. The van der Waals surface area contributed by atoms with Crippen molar-refractivity contribution in [1.82, 2.24) is 14.2 Å². The van der Waals surface area contributed by atoms with Gasteiger partial charge in [-0.3, -0.25) is 9.69 Å². The fourth-order valence-corrected chi connectivity index (χ4v) is 5.49. The molecule has 31 heavy (non-hydrogen) atoms. The van der Waals surface area contributed by atoms with Crippen LogP contribution < -0.4 is 9.64 Å². The van der Waals surface area contributed by atoms with E-state index in [9.17, 15) is 13.2 Å². The molecule has 0 saturated carbocycles. The van der Waals surface area contributed by atoms with Gasteiger partial charge in [0.2, 0.25) is 10.0 Å². The second-order valence-electron chi connectivity index (χ2n) is 7.79. The number of anilines is 1. The van der Waals surface area contributed by atoms with Crippen LogP contribution in [0.4, 0.5) is 5.82 Å². The second kappa shape index (κ2) is 8.94. The first-order valence-electron chi connectivity index (χ1n) is 10.8. The summed E-state index contributed by atoms with van der Waals surface area (Å²) in [6, 6.07) is 8.04. The SMILES string of the molecule is CCCN1CCN(S(=O)(=O)c2ccc3c(c2)C(=O)N(CCC)c2ncccc2O3)CC1. The lowest BCUT2D eigenvalue weighted by molar-refractivity contribution is 0.0986. The van der Waals surface area contributed by atoms with E-state index in [-0.39, 0.29) is 16.4 Å². The van der Waals surface area contributed by atoms with Gasteiger partial charge < -0.3 is 9.64 Å². The first-order chi connectivity index (χ1) is 15.0. The van der Waals surface area contributed by atoms with Gasteiger partial charge in [0.05, 0.1) is 10.5 Å². The van der Waals surface area contributed by atoms with Crippen molar-refractivity contribution < 1.29 is 17.9 Å². The predicted molar refractivity (Wildman–Crippen MR) is 118 cm³/mol. The summed E-state index contributed by atoms with van der Waals surface area (Å²) in [5.41, 5.74) is 0.233. The highest BCUT2D eigenvalue weighted by Gasteiger charge is 2.33. The summed E-state index contributed by atoms with van der Waals surface area (Å²) in [6.07, 6.45) is 3.39. The van der Waals surface area contributed by atoms with Crippen molar-refractivity contribution in [3.8, 4) is 11.5 Å². The Kier molecular flexibility index (Phi) is 6.27. The van der Waals surface area contributed by atoms with E-state index in [0.717, 1.165) is 19.4 Å². The van der Waals surface area contributed by atoms with Crippen LogP contribution in [0.5, 0.6) is 11.5 Å². The van der Waals surface area contributed by atoms with Gasteiger partial charge in [-0.25, -0.2) is 13.4 Å². The lowest BCUT2D eigenvalue weighted by Crippen LogP contribution is -2.48. The largest absolute Gasteiger partial charge is 0.453 e. The first-order valence-corrected chi connectivity index (χ1v) is 12.2. The Balaban J connectivity index is 1.66. The summed E-state index contributed by atoms with van der Waals surface area (Å²) in [4.78, 5) is 21.6. The van der Waals surface area contributed by atoms with Crippen LogP contribution in [0.1, 0.15) is 37.0 Å². The average Bonchev–Trinajstić information content (AvgIpc) is 2.89. The van der Waals surface area contributed by atoms with Crippen LogP contribution in [0.2, 0.25) is 0 Å². The van der Waals surface area contributed by atoms with Gasteiger partial charge in [0, 0.05) is 38.9 Å². The van der Waals surface area contributed by atoms with E-state index in [4.69, 9.17) is 4.74 Å². The molecule has 0 unspecified atom stereocenters. The third kappa shape index (κ3) is 4.17. The zero-order valence-electron chi connectivity index (χ0n) is 18.0. The zero-order valence-corrected chi connectivity index (χ0v) is 18.8.